The molecule has 0 atom stereocenters. The van der Waals surface area contributed by atoms with Gasteiger partial charge in [0.25, 0.3) is 0 Å². The van der Waals surface area contributed by atoms with Gasteiger partial charge in [0.1, 0.15) is 6.54 Å². The van der Waals surface area contributed by atoms with E-state index in [1.807, 2.05) is 0 Å². The second-order valence-electron chi connectivity index (χ2n) is 6.46. The van der Waals surface area contributed by atoms with E-state index in [4.69, 9.17) is 5.11 Å². The zero-order valence-electron chi connectivity index (χ0n) is 14.6. The lowest BCUT2D eigenvalue weighted by Gasteiger charge is -2.02. The van der Waals surface area contributed by atoms with Crippen molar-refractivity contribution in [2.24, 2.45) is 0 Å². The molecule has 0 aliphatic rings. The third kappa shape index (κ3) is 9.94. The number of unbranched alkanes of at least 4 members (excludes halogenated alkanes) is 9. The number of nitrogens with zero attached hydrogens (tertiary/aromatic N) is 1. The molecule has 0 unspecified atom stereocenters. The van der Waals surface area contributed by atoms with Crippen LogP contribution in [0.2, 0.25) is 0 Å². The van der Waals surface area contributed by atoms with Gasteiger partial charge in [0.15, 0.2) is 12.4 Å². The van der Waals surface area contributed by atoms with E-state index in [-0.39, 0.29) is 0 Å². The van der Waals surface area contributed by atoms with Gasteiger partial charge < -0.3 is 5.11 Å². The lowest BCUT2D eigenvalue weighted by molar-refractivity contribution is -0.697. The fourth-order valence-electron chi connectivity index (χ4n) is 2.97. The standard InChI is InChI=1S/C20H36NO/c1-2-14-20-15-13-17-21(19-20)16-11-9-7-5-3-4-6-8-10-12-18-22/h13,15,17,19,22H,2-12,14,16,18H2,1H3/q+1. The van der Waals surface area contributed by atoms with E-state index in [2.05, 4.69) is 36.0 Å². The topological polar surface area (TPSA) is 24.1 Å². The monoisotopic (exact) mass is 306 g/mol. The molecule has 2 nitrogen and oxygen atoms in total. The van der Waals surface area contributed by atoms with Crippen LogP contribution in [0.15, 0.2) is 24.5 Å². The minimum absolute atomic E-state index is 0.360. The minimum atomic E-state index is 0.360. The Morgan fingerprint density at radius 3 is 2.05 bits per heavy atom. The molecule has 1 heterocycles. The van der Waals surface area contributed by atoms with Crippen molar-refractivity contribution in [3.05, 3.63) is 30.1 Å². The number of hydrogen-bond donors (Lipinski definition) is 1. The van der Waals surface area contributed by atoms with Crippen LogP contribution in [0.4, 0.5) is 0 Å². The molecule has 0 bridgehead atoms. The van der Waals surface area contributed by atoms with Crippen LogP contribution in [0.1, 0.15) is 83.1 Å². The quantitative estimate of drug-likeness (QED) is 0.387. The van der Waals surface area contributed by atoms with Crippen LogP contribution in [-0.4, -0.2) is 11.7 Å². The number of aryl methyl sites for hydroxylation is 2. The first-order chi connectivity index (χ1) is 10.9. The highest BCUT2D eigenvalue weighted by molar-refractivity contribution is 5.04. The summed E-state index contributed by atoms with van der Waals surface area (Å²) < 4.78 is 2.35. The normalized spacial score (nSPS) is 11.0. The van der Waals surface area contributed by atoms with E-state index in [1.54, 1.807) is 0 Å². The minimum Gasteiger partial charge on any atom is -0.396 e. The van der Waals surface area contributed by atoms with Gasteiger partial charge >= 0.3 is 0 Å². The van der Waals surface area contributed by atoms with Crippen molar-refractivity contribution in [1.29, 1.82) is 0 Å². The van der Waals surface area contributed by atoms with Crippen LogP contribution in [-0.2, 0) is 13.0 Å². The molecule has 1 N–H and O–H groups in total. The van der Waals surface area contributed by atoms with Crippen molar-refractivity contribution in [1.82, 2.24) is 0 Å². The predicted octanol–water partition coefficient (Wildman–Crippen LogP) is 4.82. The van der Waals surface area contributed by atoms with E-state index < -0.39 is 0 Å². The summed E-state index contributed by atoms with van der Waals surface area (Å²) in [6, 6.07) is 4.42. The van der Waals surface area contributed by atoms with Crippen LogP contribution < -0.4 is 4.57 Å². The summed E-state index contributed by atoms with van der Waals surface area (Å²) >= 11 is 0. The first kappa shape index (κ1) is 19.2. The van der Waals surface area contributed by atoms with E-state index >= 15 is 0 Å². The van der Waals surface area contributed by atoms with Crippen molar-refractivity contribution < 1.29 is 9.67 Å². The summed E-state index contributed by atoms with van der Waals surface area (Å²) in [6.07, 6.45) is 20.0. The highest BCUT2D eigenvalue weighted by Crippen LogP contribution is 2.10. The van der Waals surface area contributed by atoms with Crippen LogP contribution >= 0.6 is 0 Å². The van der Waals surface area contributed by atoms with Gasteiger partial charge in [-0.05, 0) is 25.3 Å². The molecule has 1 rings (SSSR count). The Morgan fingerprint density at radius 2 is 1.45 bits per heavy atom. The average molecular weight is 307 g/mol. The van der Waals surface area contributed by atoms with Gasteiger partial charge in [0, 0.05) is 24.7 Å². The largest absolute Gasteiger partial charge is 0.396 e. The third-order valence-electron chi connectivity index (χ3n) is 4.28. The van der Waals surface area contributed by atoms with Crippen molar-refractivity contribution in [3.8, 4) is 0 Å². The average Bonchev–Trinajstić information content (AvgIpc) is 2.53. The molecular formula is C20H36NO+. The summed E-state index contributed by atoms with van der Waals surface area (Å²) in [7, 11) is 0. The second kappa shape index (κ2) is 13.8. The van der Waals surface area contributed by atoms with Gasteiger partial charge in [0.05, 0.1) is 0 Å². The third-order valence-corrected chi connectivity index (χ3v) is 4.28. The Hall–Kier alpha value is -0.890. The number of aromatic nitrogens is 1. The van der Waals surface area contributed by atoms with Crippen LogP contribution in [0.5, 0.6) is 0 Å². The smallest absolute Gasteiger partial charge is 0.171 e. The highest BCUT2D eigenvalue weighted by atomic mass is 16.2. The molecule has 2 heteroatoms. The number of hydrogen-bond acceptors (Lipinski definition) is 1. The fraction of sp³-hybridized carbons (Fsp3) is 0.750. The van der Waals surface area contributed by atoms with Gasteiger partial charge in [-0.2, -0.15) is 0 Å². The van der Waals surface area contributed by atoms with Crippen molar-refractivity contribution in [3.63, 3.8) is 0 Å². The SMILES string of the molecule is CCCc1ccc[n+](CCCCCCCCCCCCO)c1. The Balaban J connectivity index is 1.94. The van der Waals surface area contributed by atoms with Crippen LogP contribution in [0, 0.1) is 0 Å². The molecule has 0 aliphatic carbocycles. The molecule has 1 aromatic heterocycles. The maximum atomic E-state index is 8.71. The molecule has 0 aliphatic heterocycles. The van der Waals surface area contributed by atoms with E-state index in [0.29, 0.717) is 6.61 Å². The first-order valence-electron chi connectivity index (χ1n) is 9.45. The molecule has 1 aromatic rings. The Labute approximate surface area is 137 Å². The lowest BCUT2D eigenvalue weighted by atomic mass is 10.1. The predicted molar refractivity (Wildman–Crippen MR) is 93.9 cm³/mol. The maximum Gasteiger partial charge on any atom is 0.171 e. The lowest BCUT2D eigenvalue weighted by Crippen LogP contribution is -2.33. The Kier molecular flexibility index (Phi) is 12.0. The van der Waals surface area contributed by atoms with Gasteiger partial charge in [-0.25, -0.2) is 4.57 Å². The maximum absolute atomic E-state index is 8.71. The molecule has 126 valence electrons. The molecule has 0 fully saturated rings. The van der Waals surface area contributed by atoms with Crippen LogP contribution in [0.25, 0.3) is 0 Å². The van der Waals surface area contributed by atoms with Gasteiger partial charge in [-0.1, -0.05) is 58.3 Å². The summed E-state index contributed by atoms with van der Waals surface area (Å²) in [5, 5.41) is 8.71. The number of pyridine rings is 1. The number of aliphatic hydroxyl groups is 1. The molecule has 22 heavy (non-hydrogen) atoms. The zero-order valence-corrected chi connectivity index (χ0v) is 14.6. The van der Waals surface area contributed by atoms with Crippen molar-refractivity contribution in [2.75, 3.05) is 6.61 Å². The highest BCUT2D eigenvalue weighted by Gasteiger charge is 2.02. The number of rotatable bonds is 14. The van der Waals surface area contributed by atoms with Crippen molar-refractivity contribution >= 4 is 0 Å². The fourth-order valence-corrected chi connectivity index (χ4v) is 2.97. The molecule has 0 radical (unpaired) electrons. The summed E-state index contributed by atoms with van der Waals surface area (Å²) in [4.78, 5) is 0. The molecule has 0 saturated carbocycles. The molecule has 0 saturated heterocycles. The summed E-state index contributed by atoms with van der Waals surface area (Å²) in [5.41, 5.74) is 1.46. The Morgan fingerprint density at radius 1 is 0.864 bits per heavy atom. The van der Waals surface area contributed by atoms with Gasteiger partial charge in [-0.15, -0.1) is 0 Å². The Bertz CT molecular complexity index is 364. The number of aliphatic hydroxyl groups excluding tert-OH is 1. The molecule has 0 aromatic carbocycles. The first-order valence-corrected chi connectivity index (χ1v) is 9.45. The molecular weight excluding hydrogens is 270 g/mol. The second-order valence-corrected chi connectivity index (χ2v) is 6.46. The van der Waals surface area contributed by atoms with E-state index in [1.165, 1.54) is 82.7 Å². The van der Waals surface area contributed by atoms with E-state index in [9.17, 15) is 0 Å². The van der Waals surface area contributed by atoms with Crippen molar-refractivity contribution in [2.45, 2.75) is 90.5 Å². The van der Waals surface area contributed by atoms with Crippen LogP contribution in [0.3, 0.4) is 0 Å². The molecule has 0 amide bonds. The summed E-state index contributed by atoms with van der Waals surface area (Å²) in [5.74, 6) is 0. The van der Waals surface area contributed by atoms with Gasteiger partial charge in [0.2, 0.25) is 0 Å². The van der Waals surface area contributed by atoms with E-state index in [0.717, 1.165) is 6.42 Å². The summed E-state index contributed by atoms with van der Waals surface area (Å²) in [6.45, 7) is 3.77. The molecule has 0 spiro atoms. The van der Waals surface area contributed by atoms with Gasteiger partial charge in [-0.3, -0.25) is 0 Å². The zero-order chi connectivity index (χ0) is 15.9.